The summed E-state index contributed by atoms with van der Waals surface area (Å²) in [6.45, 7) is 8.91. The van der Waals surface area contributed by atoms with Crippen LogP contribution in [0.3, 0.4) is 0 Å². The van der Waals surface area contributed by atoms with Crippen molar-refractivity contribution in [2.24, 2.45) is 5.92 Å². The molecule has 1 heterocycles. The van der Waals surface area contributed by atoms with Crippen molar-refractivity contribution in [1.29, 1.82) is 0 Å². The molecule has 0 aliphatic rings. The Morgan fingerprint density at radius 3 is 2.52 bits per heavy atom. The molecule has 1 amide bonds. The number of aryl methyl sites for hydroxylation is 1. The maximum Gasteiger partial charge on any atom is 0.246 e. The Morgan fingerprint density at radius 2 is 1.92 bits per heavy atom. The van der Waals surface area contributed by atoms with Crippen molar-refractivity contribution in [2.75, 3.05) is 7.05 Å². The first-order chi connectivity index (χ1) is 11.8. The summed E-state index contributed by atoms with van der Waals surface area (Å²) in [6, 6.07) is 9.97. The van der Waals surface area contributed by atoms with Crippen LogP contribution in [0.1, 0.15) is 43.6 Å². The van der Waals surface area contributed by atoms with E-state index >= 15 is 0 Å². The van der Waals surface area contributed by atoms with Gasteiger partial charge in [-0.05, 0) is 31.4 Å². The van der Waals surface area contributed by atoms with Crippen molar-refractivity contribution in [1.82, 2.24) is 14.7 Å². The molecule has 1 aromatic heterocycles. The van der Waals surface area contributed by atoms with Crippen molar-refractivity contribution >= 4 is 23.6 Å². The highest BCUT2D eigenvalue weighted by atomic mass is 35.5. The number of carbonyl (C=O) groups is 1. The molecule has 0 saturated heterocycles. The molecule has 0 spiro atoms. The Kier molecular flexibility index (Phi) is 6.43. The number of nitrogens with zero attached hydrogens (tertiary/aromatic N) is 3. The minimum absolute atomic E-state index is 0.00131. The van der Waals surface area contributed by atoms with Gasteiger partial charge in [-0.1, -0.05) is 55.8 Å². The summed E-state index contributed by atoms with van der Waals surface area (Å²) in [5.41, 5.74) is 2.73. The molecule has 2 rings (SSSR count). The Morgan fingerprint density at radius 1 is 1.28 bits per heavy atom. The maximum atomic E-state index is 12.5. The fourth-order valence-electron chi connectivity index (χ4n) is 2.64. The van der Waals surface area contributed by atoms with E-state index in [1.165, 1.54) is 0 Å². The number of likely N-dealkylation sites (N-methyl/N-ethyl adjacent to an activating group) is 1. The molecule has 2 aromatic rings. The van der Waals surface area contributed by atoms with Crippen LogP contribution in [0.15, 0.2) is 36.4 Å². The summed E-state index contributed by atoms with van der Waals surface area (Å²) < 4.78 is 1.79. The molecule has 0 aliphatic heterocycles. The second kappa shape index (κ2) is 8.34. The average Bonchev–Trinajstić information content (AvgIpc) is 2.85. The van der Waals surface area contributed by atoms with Gasteiger partial charge in [-0.25, -0.2) is 0 Å². The Balaban J connectivity index is 2.13. The molecule has 25 heavy (non-hydrogen) atoms. The average molecular weight is 360 g/mol. The molecule has 0 fully saturated rings. The second-order valence-electron chi connectivity index (χ2n) is 6.73. The van der Waals surface area contributed by atoms with Gasteiger partial charge in [-0.3, -0.25) is 9.48 Å². The summed E-state index contributed by atoms with van der Waals surface area (Å²) in [5, 5.41) is 5.04. The third kappa shape index (κ3) is 4.73. The highest BCUT2D eigenvalue weighted by Crippen LogP contribution is 2.23. The lowest BCUT2D eigenvalue weighted by Gasteiger charge is -2.24. The summed E-state index contributed by atoms with van der Waals surface area (Å²) >= 11 is 6.42. The lowest BCUT2D eigenvalue weighted by Crippen LogP contribution is -2.27. The van der Waals surface area contributed by atoms with E-state index in [1.807, 2.05) is 44.2 Å². The first-order valence-corrected chi connectivity index (χ1v) is 8.91. The third-order valence-electron chi connectivity index (χ3n) is 4.25. The van der Waals surface area contributed by atoms with Crippen LogP contribution in [0.4, 0.5) is 0 Å². The lowest BCUT2D eigenvalue weighted by molar-refractivity contribution is -0.126. The van der Waals surface area contributed by atoms with E-state index in [1.54, 1.807) is 28.8 Å². The van der Waals surface area contributed by atoms with Crippen LogP contribution in [0.25, 0.3) is 6.08 Å². The van der Waals surface area contributed by atoms with Crippen LogP contribution in [0.5, 0.6) is 0 Å². The van der Waals surface area contributed by atoms with Crippen LogP contribution < -0.4 is 0 Å². The fourth-order valence-corrected chi connectivity index (χ4v) is 2.95. The first-order valence-electron chi connectivity index (χ1n) is 8.54. The van der Waals surface area contributed by atoms with Crippen molar-refractivity contribution in [3.8, 4) is 0 Å². The SMILES string of the molecule is Cc1nn(CC(C)C)c(Cl)c1/C=C/C(=O)N(C)C(C)c1ccccc1. The first kappa shape index (κ1) is 19.3. The molecule has 5 heteroatoms. The quantitative estimate of drug-likeness (QED) is 0.699. The van der Waals surface area contributed by atoms with Crippen LogP contribution >= 0.6 is 11.6 Å². The van der Waals surface area contributed by atoms with Crippen LogP contribution in [-0.4, -0.2) is 27.6 Å². The van der Waals surface area contributed by atoms with Gasteiger partial charge in [-0.15, -0.1) is 0 Å². The molecule has 0 aliphatic carbocycles. The van der Waals surface area contributed by atoms with Crippen molar-refractivity contribution in [2.45, 2.75) is 40.3 Å². The van der Waals surface area contributed by atoms with Crippen molar-refractivity contribution in [3.05, 3.63) is 58.4 Å². The topological polar surface area (TPSA) is 38.1 Å². The summed E-state index contributed by atoms with van der Waals surface area (Å²) in [7, 11) is 1.81. The standard InChI is InChI=1S/C20H26ClN3O/c1-14(2)13-24-20(21)18(15(3)22-24)11-12-19(25)23(5)16(4)17-9-7-6-8-10-17/h6-12,14,16H,13H2,1-5H3/b12-11+. The van der Waals surface area contributed by atoms with E-state index in [4.69, 9.17) is 11.6 Å². The lowest BCUT2D eigenvalue weighted by atomic mass is 10.1. The van der Waals surface area contributed by atoms with Crippen LogP contribution in [0, 0.1) is 12.8 Å². The number of hydrogen-bond donors (Lipinski definition) is 0. The number of carbonyl (C=O) groups excluding carboxylic acids is 1. The van der Waals surface area contributed by atoms with Crippen molar-refractivity contribution < 1.29 is 4.79 Å². The Labute approximate surface area is 155 Å². The number of aromatic nitrogens is 2. The van der Waals surface area contributed by atoms with Gasteiger partial charge in [0.15, 0.2) is 0 Å². The molecular weight excluding hydrogens is 334 g/mol. The highest BCUT2D eigenvalue weighted by Gasteiger charge is 2.16. The van der Waals surface area contributed by atoms with Crippen LogP contribution in [-0.2, 0) is 11.3 Å². The highest BCUT2D eigenvalue weighted by molar-refractivity contribution is 6.31. The van der Waals surface area contributed by atoms with Gasteiger partial charge >= 0.3 is 0 Å². The number of rotatable bonds is 6. The fraction of sp³-hybridized carbons (Fsp3) is 0.400. The van der Waals surface area contributed by atoms with Gasteiger partial charge in [0.1, 0.15) is 5.15 Å². The minimum atomic E-state index is -0.0663. The zero-order chi connectivity index (χ0) is 18.6. The summed E-state index contributed by atoms with van der Waals surface area (Å²) in [4.78, 5) is 14.2. The van der Waals surface area contributed by atoms with Crippen molar-refractivity contribution in [3.63, 3.8) is 0 Å². The van der Waals surface area contributed by atoms with E-state index in [9.17, 15) is 4.79 Å². The van der Waals surface area contributed by atoms with Gasteiger partial charge in [0, 0.05) is 25.2 Å². The normalized spacial score (nSPS) is 12.8. The van der Waals surface area contributed by atoms with Gasteiger partial charge < -0.3 is 4.90 Å². The maximum absolute atomic E-state index is 12.5. The molecule has 0 saturated carbocycles. The number of hydrogen-bond acceptors (Lipinski definition) is 2. The number of halogens is 1. The van der Waals surface area contributed by atoms with E-state index in [0.29, 0.717) is 11.1 Å². The molecule has 0 N–H and O–H groups in total. The van der Waals surface area contributed by atoms with E-state index in [2.05, 4.69) is 18.9 Å². The molecule has 0 radical (unpaired) electrons. The summed E-state index contributed by atoms with van der Waals surface area (Å²) in [6.07, 6.45) is 3.33. The number of benzene rings is 1. The Hall–Kier alpha value is -2.07. The van der Waals surface area contributed by atoms with E-state index in [-0.39, 0.29) is 11.9 Å². The molecule has 134 valence electrons. The molecular formula is C20H26ClN3O. The van der Waals surface area contributed by atoms with Crippen LogP contribution in [0.2, 0.25) is 5.15 Å². The second-order valence-corrected chi connectivity index (χ2v) is 7.09. The zero-order valence-electron chi connectivity index (χ0n) is 15.5. The van der Waals surface area contributed by atoms with Gasteiger partial charge in [0.2, 0.25) is 5.91 Å². The predicted octanol–water partition coefficient (Wildman–Crippen LogP) is 4.73. The largest absolute Gasteiger partial charge is 0.335 e. The predicted molar refractivity (Wildman–Crippen MR) is 103 cm³/mol. The van der Waals surface area contributed by atoms with E-state index in [0.717, 1.165) is 23.4 Å². The Bertz CT molecular complexity index is 750. The van der Waals surface area contributed by atoms with Gasteiger partial charge in [-0.2, -0.15) is 5.10 Å². The monoisotopic (exact) mass is 359 g/mol. The van der Waals surface area contributed by atoms with Gasteiger partial charge in [0.25, 0.3) is 0 Å². The van der Waals surface area contributed by atoms with E-state index < -0.39 is 0 Å². The third-order valence-corrected chi connectivity index (χ3v) is 4.65. The smallest absolute Gasteiger partial charge is 0.246 e. The molecule has 1 atom stereocenters. The summed E-state index contributed by atoms with van der Waals surface area (Å²) in [5.74, 6) is 0.386. The molecule has 4 nitrogen and oxygen atoms in total. The number of amides is 1. The minimum Gasteiger partial charge on any atom is -0.335 e. The van der Waals surface area contributed by atoms with Gasteiger partial charge in [0.05, 0.1) is 11.7 Å². The molecule has 1 aromatic carbocycles. The zero-order valence-corrected chi connectivity index (χ0v) is 16.3. The molecule has 1 unspecified atom stereocenters. The molecule has 0 bridgehead atoms.